The third kappa shape index (κ3) is 6.14. The number of aliphatic hydroxyl groups is 4. The van der Waals surface area contributed by atoms with E-state index in [0.29, 0.717) is 41.9 Å². The number of carbonyl (C=O) groups excluding carboxylic acids is 1. The molecule has 3 aliphatic heterocycles. The van der Waals surface area contributed by atoms with Crippen molar-refractivity contribution < 1.29 is 54.8 Å². The number of aliphatic carboxylic acids is 1. The van der Waals surface area contributed by atoms with Crippen LogP contribution in [0.25, 0.3) is 6.08 Å². The van der Waals surface area contributed by atoms with Crippen molar-refractivity contribution in [1.82, 2.24) is 0 Å². The van der Waals surface area contributed by atoms with Crippen LogP contribution in [0.2, 0.25) is 0 Å². The number of carbonyl (C=O) groups is 2. The fourth-order valence-electron chi connectivity index (χ4n) is 7.47. The molecule has 0 radical (unpaired) electrons. The first-order valence-corrected chi connectivity index (χ1v) is 16.7. The molecule has 0 spiro atoms. The molecule has 270 valence electrons. The number of aliphatic hydroxyl groups excluding tert-OH is 4. The van der Waals surface area contributed by atoms with Gasteiger partial charge < -0.3 is 45.2 Å². The maximum atomic E-state index is 14.3. The zero-order chi connectivity index (χ0) is 36.7. The maximum absolute atomic E-state index is 14.3. The summed E-state index contributed by atoms with van der Waals surface area (Å²) in [4.78, 5) is 37.2. The molecule has 8 unspecified atom stereocenters. The number of allylic oxidation sites excluding steroid dienone is 1. The highest BCUT2D eigenvalue weighted by molar-refractivity contribution is 6.32. The highest BCUT2D eigenvalue weighted by Gasteiger charge is 2.62. The molecule has 4 aliphatic rings. The summed E-state index contributed by atoms with van der Waals surface area (Å²) in [6.07, 6.45) is 0.244. The number of hydrogen-bond donors (Lipinski definition) is 7. The molecule has 1 amide bonds. The standard InChI is InChI=1S/C38H37N3O11/c42-18-30-33(46)34(47)35(48)36(52-30)51-29-16-26-25(15-28(29)44)32-22(12-20-4-2-1-3-5-20)10-11-38(32,37(49)50)41(26)31(45)9-7-21-6-8-27(43)23(13-21)14-24-17-39-19-40-24/h1-11,13,15-17,22,30,32-36,42-44,46-48H,12,14,18-19H2,(H,49,50). The van der Waals surface area contributed by atoms with Crippen LogP contribution in [0.15, 0.2) is 88.9 Å². The summed E-state index contributed by atoms with van der Waals surface area (Å²) >= 11 is 0. The Labute approximate surface area is 297 Å². The van der Waals surface area contributed by atoms with Gasteiger partial charge in [0, 0.05) is 36.3 Å². The number of carboxylic acids is 1. The second-order valence-corrected chi connectivity index (χ2v) is 13.2. The Balaban J connectivity index is 1.27. The van der Waals surface area contributed by atoms with Gasteiger partial charge in [0.15, 0.2) is 17.0 Å². The second kappa shape index (κ2) is 14.0. The van der Waals surface area contributed by atoms with Crippen molar-refractivity contribution in [2.75, 3.05) is 18.2 Å². The SMILES string of the molecule is O=C(C=Cc1ccc(O)c(CC2=NCN=C2)c1)N1c2cc(OC3OC(CO)C(O)C(O)C3O)c(O)cc2C2C(Cc3ccccc3)C=CC21C(=O)O. The molecule has 3 aromatic rings. The molecule has 3 heterocycles. The Kier molecular flexibility index (Phi) is 9.42. The predicted octanol–water partition coefficient (Wildman–Crippen LogP) is 1.70. The van der Waals surface area contributed by atoms with Gasteiger partial charge in [0.2, 0.25) is 6.29 Å². The molecule has 7 rings (SSSR count). The topological polar surface area (TPSA) is 222 Å². The minimum Gasteiger partial charge on any atom is -0.508 e. The average molecular weight is 712 g/mol. The van der Waals surface area contributed by atoms with Gasteiger partial charge in [-0.25, -0.2) is 4.79 Å². The van der Waals surface area contributed by atoms with E-state index in [-0.39, 0.29) is 17.2 Å². The number of hydrogen-bond acceptors (Lipinski definition) is 12. The van der Waals surface area contributed by atoms with Crippen molar-refractivity contribution in [3.63, 3.8) is 0 Å². The Hall–Kier alpha value is -5.38. The minimum atomic E-state index is -1.91. The summed E-state index contributed by atoms with van der Waals surface area (Å²) in [7, 11) is 0. The van der Waals surface area contributed by atoms with Crippen LogP contribution in [-0.4, -0.2) is 109 Å². The Morgan fingerprint density at radius 2 is 1.79 bits per heavy atom. The summed E-state index contributed by atoms with van der Waals surface area (Å²) in [6.45, 7) is -0.388. The highest BCUT2D eigenvalue weighted by Crippen LogP contribution is 2.58. The van der Waals surface area contributed by atoms with E-state index in [9.17, 15) is 45.3 Å². The fourth-order valence-corrected chi connectivity index (χ4v) is 7.47. The van der Waals surface area contributed by atoms with E-state index in [2.05, 4.69) is 9.98 Å². The van der Waals surface area contributed by atoms with Gasteiger partial charge in [-0.15, -0.1) is 0 Å². The summed E-state index contributed by atoms with van der Waals surface area (Å²) in [5.41, 5.74) is 1.32. The van der Waals surface area contributed by atoms with Gasteiger partial charge in [-0.3, -0.25) is 19.7 Å². The molecule has 0 saturated carbocycles. The van der Waals surface area contributed by atoms with Gasteiger partial charge in [0.05, 0.1) is 18.0 Å². The van der Waals surface area contributed by atoms with E-state index in [1.165, 1.54) is 36.4 Å². The van der Waals surface area contributed by atoms with Crippen molar-refractivity contribution in [1.29, 1.82) is 0 Å². The molecule has 1 saturated heterocycles. The molecular formula is C38H37N3O11. The quantitative estimate of drug-likeness (QED) is 0.118. The number of anilines is 1. The second-order valence-electron chi connectivity index (χ2n) is 13.2. The molecular weight excluding hydrogens is 674 g/mol. The summed E-state index contributed by atoms with van der Waals surface area (Å²) in [5.74, 6) is -3.97. The zero-order valence-electron chi connectivity index (χ0n) is 27.6. The van der Waals surface area contributed by atoms with Crippen molar-refractivity contribution in [3.05, 3.63) is 101 Å². The molecule has 14 nitrogen and oxygen atoms in total. The molecule has 14 heteroatoms. The fraction of sp³-hybridized carbons (Fsp3) is 0.316. The number of carboxylic acid groups (broad SMARTS) is 1. The average Bonchev–Trinajstić information content (AvgIpc) is 3.85. The van der Waals surface area contributed by atoms with Crippen LogP contribution < -0.4 is 9.64 Å². The number of aromatic hydroxyl groups is 2. The van der Waals surface area contributed by atoms with E-state index >= 15 is 0 Å². The number of phenols is 2. The number of benzene rings is 3. The third-order valence-corrected chi connectivity index (χ3v) is 10.0. The van der Waals surface area contributed by atoms with Crippen molar-refractivity contribution in [2.24, 2.45) is 15.9 Å². The lowest BCUT2D eigenvalue weighted by molar-refractivity contribution is -0.277. The minimum absolute atomic E-state index is 0.0416. The van der Waals surface area contributed by atoms with E-state index in [1.54, 1.807) is 24.4 Å². The lowest BCUT2D eigenvalue weighted by Gasteiger charge is -2.39. The molecule has 0 aromatic heterocycles. The number of ether oxygens (including phenoxy) is 2. The number of rotatable bonds is 10. The molecule has 1 fully saturated rings. The van der Waals surface area contributed by atoms with Crippen LogP contribution in [0, 0.1) is 5.92 Å². The number of fused-ring (bicyclic) bond motifs is 3. The van der Waals surface area contributed by atoms with Gasteiger partial charge in [-0.2, -0.15) is 0 Å². The van der Waals surface area contributed by atoms with Crippen LogP contribution in [0.4, 0.5) is 5.69 Å². The maximum Gasteiger partial charge on any atom is 0.334 e. The van der Waals surface area contributed by atoms with Gasteiger partial charge in [-0.1, -0.05) is 48.6 Å². The first-order chi connectivity index (χ1) is 25.0. The van der Waals surface area contributed by atoms with Crippen molar-refractivity contribution in [3.8, 4) is 17.2 Å². The van der Waals surface area contributed by atoms with Crippen molar-refractivity contribution in [2.45, 2.75) is 55.0 Å². The first-order valence-electron chi connectivity index (χ1n) is 16.7. The van der Waals surface area contributed by atoms with Crippen LogP contribution in [0.3, 0.4) is 0 Å². The predicted molar refractivity (Wildman–Crippen MR) is 188 cm³/mol. The number of aliphatic imine (C=N–C) groups is 2. The summed E-state index contributed by atoms with van der Waals surface area (Å²) < 4.78 is 11.3. The van der Waals surface area contributed by atoms with Gasteiger partial charge in [0.25, 0.3) is 5.91 Å². The summed E-state index contributed by atoms with van der Waals surface area (Å²) in [5, 5.41) is 73.4. The Morgan fingerprint density at radius 1 is 1.00 bits per heavy atom. The van der Waals surface area contributed by atoms with E-state index in [4.69, 9.17) is 9.47 Å². The summed E-state index contributed by atoms with van der Waals surface area (Å²) in [6, 6.07) is 16.8. The van der Waals surface area contributed by atoms with Crippen molar-refractivity contribution >= 4 is 35.6 Å². The lowest BCUT2D eigenvalue weighted by atomic mass is 9.77. The monoisotopic (exact) mass is 711 g/mol. The smallest absolute Gasteiger partial charge is 0.334 e. The normalized spacial score (nSPS) is 29.0. The van der Waals surface area contributed by atoms with Crippen LogP contribution >= 0.6 is 0 Å². The molecule has 0 bridgehead atoms. The lowest BCUT2D eigenvalue weighted by Crippen LogP contribution is -2.60. The Bertz CT molecular complexity index is 1990. The number of amides is 1. The van der Waals surface area contributed by atoms with Crippen LogP contribution in [0.5, 0.6) is 17.2 Å². The highest BCUT2D eigenvalue weighted by atomic mass is 16.7. The van der Waals surface area contributed by atoms with Gasteiger partial charge in [0.1, 0.15) is 36.8 Å². The zero-order valence-corrected chi connectivity index (χ0v) is 27.6. The largest absolute Gasteiger partial charge is 0.508 e. The van der Waals surface area contributed by atoms with E-state index < -0.39 is 72.3 Å². The van der Waals surface area contributed by atoms with Gasteiger partial charge >= 0.3 is 5.97 Å². The first kappa shape index (κ1) is 35.0. The molecule has 3 aromatic carbocycles. The van der Waals surface area contributed by atoms with Crippen LogP contribution in [-0.2, 0) is 27.2 Å². The molecule has 8 atom stereocenters. The molecule has 52 heavy (non-hydrogen) atoms. The molecule has 1 aliphatic carbocycles. The van der Waals surface area contributed by atoms with Gasteiger partial charge in [-0.05, 0) is 53.3 Å². The molecule has 7 N–H and O–H groups in total. The Morgan fingerprint density at radius 3 is 2.50 bits per heavy atom. The van der Waals surface area contributed by atoms with E-state index in [1.807, 2.05) is 30.3 Å². The third-order valence-electron chi connectivity index (χ3n) is 10.0. The number of nitrogens with zero attached hydrogens (tertiary/aromatic N) is 3. The van der Waals surface area contributed by atoms with Crippen LogP contribution in [0.1, 0.15) is 28.2 Å². The number of phenolic OH excluding ortho intramolecular Hbond substituents is 2. The van der Waals surface area contributed by atoms with E-state index in [0.717, 1.165) is 10.5 Å².